The Kier molecular flexibility index (Phi) is 5.10. The maximum Gasteiger partial charge on any atom is 0.343 e. The Morgan fingerprint density at radius 3 is 2.14 bits per heavy atom. The number of hydrogen-bond donors (Lipinski definition) is 0. The van der Waals surface area contributed by atoms with Gasteiger partial charge >= 0.3 is 5.97 Å². The lowest BCUT2D eigenvalue weighted by Gasteiger charge is -2.22. The van der Waals surface area contributed by atoms with E-state index < -0.39 is 73.3 Å². The lowest BCUT2D eigenvalue weighted by molar-refractivity contribution is 0.0734. The van der Waals surface area contributed by atoms with Crippen LogP contribution in [0.2, 0.25) is 0 Å². The van der Waals surface area contributed by atoms with E-state index in [1.54, 1.807) is 12.1 Å². The molecule has 0 radical (unpaired) electrons. The Hall–Kier alpha value is -2.87. The molecule has 2 heteroatoms. The number of esters is 1. The van der Waals surface area contributed by atoms with Crippen LogP contribution in [-0.2, 0) is 12.8 Å². The standard InChI is InChI=1S/C33H42O2/c1-5-7-8-9-10-11-12-26-13-17-28(18-14-26)29-19-21-30(22-20-29)32(34)35-31-23-15-27(16-24-31)25-33(3,4)6-2/h13-24H,5-12,25H2,1-4H3/i2D3,3D3,6D2,15D,16D,23D,24D,25D2/t33-/m1/s1. The number of carbonyl (C=O) groups is 1. The van der Waals surface area contributed by atoms with Crippen molar-refractivity contribution in [3.63, 3.8) is 0 Å². The number of aryl methyl sites for hydroxylation is 1. The zero-order valence-electron chi connectivity index (χ0n) is 34.4. The van der Waals surface area contributed by atoms with Gasteiger partial charge in [-0.2, -0.15) is 0 Å². The van der Waals surface area contributed by atoms with Crippen LogP contribution in [-0.4, -0.2) is 5.97 Å². The highest BCUT2D eigenvalue weighted by Gasteiger charge is 2.16. The van der Waals surface area contributed by atoms with Gasteiger partial charge in [-0.05, 0) is 71.1 Å². The molecule has 0 bridgehead atoms. The van der Waals surface area contributed by atoms with Crippen molar-refractivity contribution in [3.8, 4) is 16.9 Å². The molecule has 0 saturated heterocycles. The molecular formula is C33H42O2. The highest BCUT2D eigenvalue weighted by molar-refractivity contribution is 5.91. The quantitative estimate of drug-likeness (QED) is 0.137. The topological polar surface area (TPSA) is 26.3 Å². The van der Waals surface area contributed by atoms with Crippen molar-refractivity contribution >= 4 is 5.97 Å². The molecular weight excluding hydrogens is 428 g/mol. The summed E-state index contributed by atoms with van der Waals surface area (Å²) in [6.07, 6.45) is 0.982. The monoisotopic (exact) mass is 484 g/mol. The van der Waals surface area contributed by atoms with Crippen LogP contribution in [0.1, 0.15) is 113 Å². The summed E-state index contributed by atoms with van der Waals surface area (Å²) < 4.78 is 120. The van der Waals surface area contributed by atoms with Gasteiger partial charge in [-0.25, -0.2) is 4.79 Å². The van der Waals surface area contributed by atoms with Gasteiger partial charge in [0.25, 0.3) is 0 Å². The molecule has 0 aromatic heterocycles. The molecule has 0 aliphatic heterocycles. The number of ether oxygens (including phenoxy) is 1. The Morgan fingerprint density at radius 2 is 1.51 bits per heavy atom. The van der Waals surface area contributed by atoms with Crippen molar-refractivity contribution in [1.29, 1.82) is 0 Å². The van der Waals surface area contributed by atoms with Gasteiger partial charge in [0.1, 0.15) is 5.75 Å². The zero-order chi connectivity index (χ0) is 37.2. The highest BCUT2D eigenvalue weighted by atomic mass is 16.5. The number of hydrogen-bond acceptors (Lipinski definition) is 2. The van der Waals surface area contributed by atoms with Gasteiger partial charge in [0.2, 0.25) is 0 Å². The van der Waals surface area contributed by atoms with E-state index in [4.69, 9.17) is 23.9 Å². The molecule has 35 heavy (non-hydrogen) atoms. The first-order chi connectivity index (χ1) is 22.5. The highest BCUT2D eigenvalue weighted by Crippen LogP contribution is 2.27. The third kappa shape index (κ3) is 8.69. The van der Waals surface area contributed by atoms with Gasteiger partial charge in [0, 0.05) is 13.7 Å². The van der Waals surface area contributed by atoms with Crippen molar-refractivity contribution < 1.29 is 28.7 Å². The molecule has 0 saturated carbocycles. The van der Waals surface area contributed by atoms with Gasteiger partial charge in [-0.3, -0.25) is 0 Å². The summed E-state index contributed by atoms with van der Waals surface area (Å²) in [7, 11) is 0. The van der Waals surface area contributed by atoms with Crippen molar-refractivity contribution in [2.24, 2.45) is 5.41 Å². The lowest BCUT2D eigenvalue weighted by atomic mass is 9.83. The minimum Gasteiger partial charge on any atom is -0.423 e. The molecule has 0 aliphatic rings. The van der Waals surface area contributed by atoms with E-state index in [-0.39, 0.29) is 5.56 Å². The summed E-state index contributed by atoms with van der Waals surface area (Å²) in [6, 6.07) is 10.0. The average Bonchev–Trinajstić information content (AvgIpc) is 3.02. The van der Waals surface area contributed by atoms with Crippen LogP contribution in [0.3, 0.4) is 0 Å². The summed E-state index contributed by atoms with van der Waals surface area (Å²) in [5, 5.41) is 0. The maximum atomic E-state index is 13.1. The first-order valence-corrected chi connectivity index (χ1v) is 12.1. The van der Waals surface area contributed by atoms with Gasteiger partial charge in [0.15, 0.2) is 0 Å². The van der Waals surface area contributed by atoms with Gasteiger partial charge in [0.05, 0.1) is 11.0 Å². The molecule has 0 aliphatic carbocycles. The maximum absolute atomic E-state index is 13.1. The van der Waals surface area contributed by atoms with E-state index in [0.717, 1.165) is 24.0 Å². The van der Waals surface area contributed by atoms with Crippen LogP contribution >= 0.6 is 0 Å². The van der Waals surface area contributed by atoms with Crippen LogP contribution in [0, 0.1) is 5.41 Å². The molecule has 1 atom stereocenters. The zero-order valence-corrected chi connectivity index (χ0v) is 20.4. The molecule has 2 nitrogen and oxygen atoms in total. The van der Waals surface area contributed by atoms with Crippen LogP contribution in [0.15, 0.2) is 72.7 Å². The fraction of sp³-hybridized carbons (Fsp3) is 0.424. The van der Waals surface area contributed by atoms with Crippen LogP contribution in [0.4, 0.5) is 0 Å². The van der Waals surface area contributed by atoms with E-state index in [1.807, 2.05) is 12.1 Å². The Morgan fingerprint density at radius 1 is 0.886 bits per heavy atom. The summed E-state index contributed by atoms with van der Waals surface area (Å²) in [4.78, 5) is 13.1. The van der Waals surface area contributed by atoms with Gasteiger partial charge in [-0.15, -0.1) is 0 Å². The van der Waals surface area contributed by atoms with E-state index in [9.17, 15) is 4.79 Å². The first-order valence-electron chi connectivity index (χ1n) is 19.1. The van der Waals surface area contributed by atoms with E-state index in [2.05, 4.69) is 19.1 Å². The largest absolute Gasteiger partial charge is 0.423 e. The predicted molar refractivity (Wildman–Crippen MR) is 148 cm³/mol. The lowest BCUT2D eigenvalue weighted by Crippen LogP contribution is -2.13. The average molecular weight is 485 g/mol. The molecule has 0 unspecified atom stereocenters. The molecule has 0 amide bonds. The number of unbranched alkanes of at least 4 members (excludes halogenated alkanes) is 5. The number of rotatable bonds is 13. The fourth-order valence-electron chi connectivity index (χ4n) is 3.62. The Bertz CT molecular complexity index is 1580. The third-order valence-electron chi connectivity index (χ3n) is 5.65. The van der Waals surface area contributed by atoms with Crippen molar-refractivity contribution in [2.75, 3.05) is 0 Å². The van der Waals surface area contributed by atoms with E-state index in [0.29, 0.717) is 6.92 Å². The predicted octanol–water partition coefficient (Wildman–Crippen LogP) is 9.45. The molecule has 0 spiro atoms. The summed E-state index contributed by atoms with van der Waals surface area (Å²) in [5.74, 6) is -1.90. The number of benzene rings is 3. The van der Waals surface area contributed by atoms with Crippen molar-refractivity contribution in [1.82, 2.24) is 0 Å². The molecule has 0 fully saturated rings. The second-order valence-electron chi connectivity index (χ2n) is 8.76. The minimum absolute atomic E-state index is 0.0144. The van der Waals surface area contributed by atoms with Crippen LogP contribution in [0.5, 0.6) is 5.75 Å². The molecule has 3 rings (SSSR count). The van der Waals surface area contributed by atoms with E-state index >= 15 is 0 Å². The summed E-state index contributed by atoms with van der Waals surface area (Å²) in [6.45, 7) is -4.55. The smallest absolute Gasteiger partial charge is 0.343 e. The van der Waals surface area contributed by atoms with Gasteiger partial charge < -0.3 is 4.74 Å². The van der Waals surface area contributed by atoms with Gasteiger partial charge in [-0.1, -0.05) is 115 Å². The summed E-state index contributed by atoms with van der Waals surface area (Å²) >= 11 is 0. The first kappa shape index (κ1) is 13.4. The van der Waals surface area contributed by atoms with Crippen LogP contribution in [0.25, 0.3) is 11.1 Å². The molecule has 3 aromatic rings. The second-order valence-corrected chi connectivity index (χ2v) is 8.76. The van der Waals surface area contributed by atoms with Crippen molar-refractivity contribution in [3.05, 3.63) is 89.4 Å². The summed E-state index contributed by atoms with van der Waals surface area (Å²) in [5.41, 5.74) is -1.60. The molecule has 3 aromatic carbocycles. The fourth-order valence-corrected chi connectivity index (χ4v) is 3.62. The van der Waals surface area contributed by atoms with E-state index in [1.165, 1.54) is 49.8 Å². The van der Waals surface area contributed by atoms with Crippen LogP contribution < -0.4 is 4.74 Å². The normalized spacial score (nSPS) is 20.2. The Balaban J connectivity index is 1.88. The third-order valence-corrected chi connectivity index (χ3v) is 5.65. The van der Waals surface area contributed by atoms with Crippen molar-refractivity contribution in [2.45, 2.75) is 85.2 Å². The number of carbonyl (C=O) groups excluding carboxylic acids is 1. The minimum atomic E-state index is -3.73. The molecule has 186 valence electrons. The Labute approximate surface area is 232 Å². The molecule has 0 heterocycles. The second kappa shape index (κ2) is 13.3. The molecule has 0 N–H and O–H groups in total. The SMILES string of the molecule is [2H]c1c([2H])c(C([2H])([2H])[C@@](C)(C([2H])([2H])[2H])C([2H])([2H])C([2H])([2H])[2H])c([2H])c([2H])c1OC(=O)c1ccc(-c2ccc(CCCCCCCC)cc2)cc1.